The first-order valence-corrected chi connectivity index (χ1v) is 8.88. The Hall–Kier alpha value is -2.60. The average Bonchev–Trinajstić information content (AvgIpc) is 3.09. The second-order valence-corrected chi connectivity index (χ2v) is 6.59. The molecule has 2 aliphatic heterocycles. The predicted octanol–water partition coefficient (Wildman–Crippen LogP) is 3.37. The summed E-state index contributed by atoms with van der Waals surface area (Å²) in [6, 6.07) is 12.1. The molecule has 0 aromatic heterocycles. The van der Waals surface area contributed by atoms with E-state index in [9.17, 15) is 9.18 Å². The Bertz CT molecular complexity index is 811. The summed E-state index contributed by atoms with van der Waals surface area (Å²) in [5, 5.41) is 2.77. The highest BCUT2D eigenvalue weighted by atomic mass is 19.1. The standard InChI is InChI=1S/C20H21FN2O3/c21-15-3-1-4-16(12-15)22-20(24)13-23-8-2-5-17(23)14-6-7-18-19(11-14)26-10-9-25-18/h1,3-4,6-7,11-12,17H,2,5,8-10,13H2,(H,22,24)/t17-/m1/s1. The van der Waals surface area contributed by atoms with Crippen LogP contribution in [0.4, 0.5) is 10.1 Å². The first kappa shape index (κ1) is 16.8. The van der Waals surface area contributed by atoms with Crippen molar-refractivity contribution in [1.29, 1.82) is 0 Å². The Morgan fingerprint density at radius 2 is 2.00 bits per heavy atom. The van der Waals surface area contributed by atoms with Crippen molar-refractivity contribution >= 4 is 11.6 Å². The van der Waals surface area contributed by atoms with E-state index in [-0.39, 0.29) is 24.3 Å². The number of hydrogen-bond donors (Lipinski definition) is 1. The van der Waals surface area contributed by atoms with Crippen LogP contribution in [0.3, 0.4) is 0 Å². The number of nitrogens with one attached hydrogen (secondary N) is 1. The SMILES string of the molecule is O=C(CN1CCC[C@@H]1c1ccc2c(c1)OCCO2)Nc1cccc(F)c1. The number of benzene rings is 2. The van der Waals surface area contributed by atoms with Crippen molar-refractivity contribution < 1.29 is 18.7 Å². The molecule has 0 aliphatic carbocycles. The van der Waals surface area contributed by atoms with Gasteiger partial charge in [-0.3, -0.25) is 9.69 Å². The van der Waals surface area contributed by atoms with Gasteiger partial charge in [0.2, 0.25) is 5.91 Å². The zero-order valence-corrected chi connectivity index (χ0v) is 14.4. The molecule has 1 atom stereocenters. The molecule has 6 heteroatoms. The maximum atomic E-state index is 13.3. The van der Waals surface area contributed by atoms with E-state index in [4.69, 9.17) is 9.47 Å². The summed E-state index contributed by atoms with van der Waals surface area (Å²) in [7, 11) is 0. The van der Waals surface area contributed by atoms with Crippen LogP contribution in [-0.4, -0.2) is 37.1 Å². The largest absolute Gasteiger partial charge is 0.486 e. The third-order valence-corrected chi connectivity index (χ3v) is 4.77. The van der Waals surface area contributed by atoms with E-state index in [0.29, 0.717) is 18.9 Å². The summed E-state index contributed by atoms with van der Waals surface area (Å²) in [5.74, 6) is 1.04. The van der Waals surface area contributed by atoms with Crippen LogP contribution < -0.4 is 14.8 Å². The fourth-order valence-electron chi connectivity index (χ4n) is 3.61. The van der Waals surface area contributed by atoms with E-state index in [1.165, 1.54) is 12.1 Å². The minimum absolute atomic E-state index is 0.139. The van der Waals surface area contributed by atoms with Gasteiger partial charge in [0.1, 0.15) is 19.0 Å². The molecule has 1 fully saturated rings. The molecule has 1 saturated heterocycles. The van der Waals surface area contributed by atoms with Crippen molar-refractivity contribution in [1.82, 2.24) is 4.90 Å². The van der Waals surface area contributed by atoms with Gasteiger partial charge in [0, 0.05) is 11.7 Å². The lowest BCUT2D eigenvalue weighted by Gasteiger charge is -2.26. The highest BCUT2D eigenvalue weighted by Gasteiger charge is 2.28. The molecule has 0 radical (unpaired) electrons. The zero-order valence-electron chi connectivity index (χ0n) is 14.4. The molecule has 1 N–H and O–H groups in total. The average molecular weight is 356 g/mol. The van der Waals surface area contributed by atoms with Gasteiger partial charge in [0.15, 0.2) is 11.5 Å². The van der Waals surface area contributed by atoms with Gasteiger partial charge in [-0.1, -0.05) is 12.1 Å². The summed E-state index contributed by atoms with van der Waals surface area (Å²) in [4.78, 5) is 14.5. The molecular formula is C20H21FN2O3. The molecule has 4 rings (SSSR count). The fraction of sp³-hybridized carbons (Fsp3) is 0.350. The second-order valence-electron chi connectivity index (χ2n) is 6.59. The molecule has 2 heterocycles. The van der Waals surface area contributed by atoms with Crippen molar-refractivity contribution in [3.63, 3.8) is 0 Å². The zero-order chi connectivity index (χ0) is 17.9. The van der Waals surface area contributed by atoms with Crippen molar-refractivity contribution in [3.05, 3.63) is 53.8 Å². The quantitative estimate of drug-likeness (QED) is 0.913. The van der Waals surface area contributed by atoms with Crippen LogP contribution in [-0.2, 0) is 4.79 Å². The van der Waals surface area contributed by atoms with Gasteiger partial charge in [-0.15, -0.1) is 0 Å². The molecule has 1 amide bonds. The van der Waals surface area contributed by atoms with Crippen LogP contribution in [0.1, 0.15) is 24.4 Å². The molecule has 26 heavy (non-hydrogen) atoms. The van der Waals surface area contributed by atoms with Gasteiger partial charge in [-0.2, -0.15) is 0 Å². The lowest BCUT2D eigenvalue weighted by molar-refractivity contribution is -0.117. The van der Waals surface area contributed by atoms with Crippen LogP contribution in [0.5, 0.6) is 11.5 Å². The minimum Gasteiger partial charge on any atom is -0.486 e. The van der Waals surface area contributed by atoms with Crippen LogP contribution in [0, 0.1) is 5.82 Å². The molecule has 0 saturated carbocycles. The van der Waals surface area contributed by atoms with Crippen LogP contribution in [0.2, 0.25) is 0 Å². The maximum absolute atomic E-state index is 13.3. The topological polar surface area (TPSA) is 50.8 Å². The smallest absolute Gasteiger partial charge is 0.238 e. The Morgan fingerprint density at radius 3 is 2.85 bits per heavy atom. The lowest BCUT2D eigenvalue weighted by atomic mass is 10.0. The van der Waals surface area contributed by atoms with Gasteiger partial charge >= 0.3 is 0 Å². The molecular weight excluding hydrogens is 335 g/mol. The first-order chi connectivity index (χ1) is 12.7. The number of fused-ring (bicyclic) bond motifs is 1. The Labute approximate surface area is 151 Å². The minimum atomic E-state index is -0.363. The number of likely N-dealkylation sites (tertiary alicyclic amines) is 1. The summed E-state index contributed by atoms with van der Waals surface area (Å²) >= 11 is 0. The molecule has 136 valence electrons. The number of anilines is 1. The monoisotopic (exact) mass is 356 g/mol. The molecule has 0 unspecified atom stereocenters. The van der Waals surface area contributed by atoms with Gasteiger partial charge in [0.05, 0.1) is 6.54 Å². The number of amides is 1. The number of halogens is 1. The number of carbonyl (C=O) groups is 1. The van der Waals surface area contributed by atoms with Crippen molar-refractivity contribution in [2.24, 2.45) is 0 Å². The van der Waals surface area contributed by atoms with E-state index < -0.39 is 0 Å². The first-order valence-electron chi connectivity index (χ1n) is 8.88. The molecule has 0 spiro atoms. The van der Waals surface area contributed by atoms with E-state index >= 15 is 0 Å². The summed E-state index contributed by atoms with van der Waals surface area (Å²) in [6.07, 6.45) is 2.03. The Kier molecular flexibility index (Phi) is 4.75. The molecule has 2 aromatic rings. The highest BCUT2D eigenvalue weighted by molar-refractivity contribution is 5.92. The van der Waals surface area contributed by atoms with Gasteiger partial charge in [-0.05, 0) is 55.3 Å². The van der Waals surface area contributed by atoms with Crippen molar-refractivity contribution in [2.75, 3.05) is 31.6 Å². The number of carbonyl (C=O) groups excluding carboxylic acids is 1. The number of ether oxygens (including phenoxy) is 2. The van der Waals surface area contributed by atoms with Crippen LogP contribution in [0.15, 0.2) is 42.5 Å². The van der Waals surface area contributed by atoms with Crippen molar-refractivity contribution in [2.45, 2.75) is 18.9 Å². The predicted molar refractivity (Wildman–Crippen MR) is 96.0 cm³/mol. The highest BCUT2D eigenvalue weighted by Crippen LogP contribution is 2.37. The number of nitrogens with zero attached hydrogens (tertiary/aromatic N) is 1. The van der Waals surface area contributed by atoms with Gasteiger partial charge in [-0.25, -0.2) is 4.39 Å². The summed E-state index contributed by atoms with van der Waals surface area (Å²) < 4.78 is 24.5. The second kappa shape index (κ2) is 7.33. The van der Waals surface area contributed by atoms with Gasteiger partial charge < -0.3 is 14.8 Å². The van der Waals surface area contributed by atoms with E-state index in [1.54, 1.807) is 12.1 Å². The molecule has 2 aromatic carbocycles. The van der Waals surface area contributed by atoms with Crippen molar-refractivity contribution in [3.8, 4) is 11.5 Å². The lowest BCUT2D eigenvalue weighted by Crippen LogP contribution is -2.33. The van der Waals surface area contributed by atoms with E-state index in [2.05, 4.69) is 10.2 Å². The number of hydrogen-bond acceptors (Lipinski definition) is 4. The third-order valence-electron chi connectivity index (χ3n) is 4.77. The van der Waals surface area contributed by atoms with Crippen LogP contribution in [0.25, 0.3) is 0 Å². The van der Waals surface area contributed by atoms with Gasteiger partial charge in [0.25, 0.3) is 0 Å². The van der Waals surface area contributed by atoms with E-state index in [0.717, 1.165) is 36.4 Å². The molecule has 2 aliphatic rings. The molecule has 5 nitrogen and oxygen atoms in total. The Morgan fingerprint density at radius 1 is 1.15 bits per heavy atom. The maximum Gasteiger partial charge on any atom is 0.238 e. The third kappa shape index (κ3) is 3.65. The normalized spacial score (nSPS) is 19.3. The fourth-order valence-corrected chi connectivity index (χ4v) is 3.61. The van der Waals surface area contributed by atoms with E-state index in [1.807, 2.05) is 18.2 Å². The van der Waals surface area contributed by atoms with Crippen LogP contribution >= 0.6 is 0 Å². The Balaban J connectivity index is 1.44. The summed E-state index contributed by atoms with van der Waals surface area (Å²) in [6.45, 7) is 2.26. The molecule has 0 bridgehead atoms. The summed E-state index contributed by atoms with van der Waals surface area (Å²) in [5.41, 5.74) is 1.61. The number of rotatable bonds is 4.